The van der Waals surface area contributed by atoms with E-state index in [9.17, 15) is 4.79 Å². The Morgan fingerprint density at radius 3 is 2.54 bits per heavy atom. The second kappa shape index (κ2) is 3.81. The number of hydrogen-bond acceptors (Lipinski definition) is 1. The van der Waals surface area contributed by atoms with E-state index in [2.05, 4.69) is 6.58 Å². The van der Waals surface area contributed by atoms with Crippen molar-refractivity contribution < 1.29 is 9.90 Å². The first-order chi connectivity index (χ1) is 6.07. The molecule has 0 aliphatic rings. The molecule has 0 saturated carbocycles. The van der Waals surface area contributed by atoms with Crippen LogP contribution in [0, 0.1) is 0 Å². The lowest BCUT2D eigenvalue weighted by molar-refractivity contribution is 0.0697. The minimum Gasteiger partial charge on any atom is -0.478 e. The molecule has 2 nitrogen and oxygen atoms in total. The average Bonchev–Trinajstić information content (AvgIpc) is 2.04. The second-order valence-electron chi connectivity index (χ2n) is 2.33. The predicted octanol–water partition coefficient (Wildman–Crippen LogP) is 3.33. The third-order valence-corrected chi connectivity index (χ3v) is 2.30. The van der Waals surface area contributed by atoms with E-state index in [0.717, 1.165) is 0 Å². The number of carbonyl (C=O) groups is 1. The van der Waals surface area contributed by atoms with Gasteiger partial charge < -0.3 is 5.11 Å². The van der Waals surface area contributed by atoms with Gasteiger partial charge in [-0.2, -0.15) is 0 Å². The lowest BCUT2D eigenvalue weighted by Gasteiger charge is -2.04. The number of carboxylic acids is 1. The van der Waals surface area contributed by atoms with Gasteiger partial charge in [0.2, 0.25) is 0 Å². The third-order valence-electron chi connectivity index (χ3n) is 1.56. The summed E-state index contributed by atoms with van der Waals surface area (Å²) in [6.45, 7) is 3.49. The molecule has 0 aliphatic heterocycles. The Morgan fingerprint density at radius 1 is 1.46 bits per heavy atom. The maximum Gasteiger partial charge on any atom is 0.337 e. The Morgan fingerprint density at radius 2 is 2.08 bits per heavy atom. The number of rotatable bonds is 2. The number of benzene rings is 1. The second-order valence-corrected chi connectivity index (χ2v) is 3.12. The molecule has 0 amide bonds. The number of aromatic carboxylic acids is 1. The van der Waals surface area contributed by atoms with E-state index in [1.807, 2.05) is 0 Å². The van der Waals surface area contributed by atoms with Crippen LogP contribution >= 0.6 is 23.2 Å². The summed E-state index contributed by atoms with van der Waals surface area (Å²) in [4.78, 5) is 10.6. The highest BCUT2D eigenvalue weighted by Crippen LogP contribution is 2.28. The molecule has 0 aliphatic carbocycles. The predicted molar refractivity (Wildman–Crippen MR) is 53.5 cm³/mol. The van der Waals surface area contributed by atoms with Crippen molar-refractivity contribution in [3.63, 3.8) is 0 Å². The molecule has 0 fully saturated rings. The molecule has 1 aromatic rings. The van der Waals surface area contributed by atoms with Gasteiger partial charge in [0.1, 0.15) is 0 Å². The van der Waals surface area contributed by atoms with Gasteiger partial charge in [-0.15, -0.1) is 0 Å². The normalized spacial score (nSPS) is 9.69. The molecule has 0 spiro atoms. The monoisotopic (exact) mass is 216 g/mol. The van der Waals surface area contributed by atoms with Crippen LogP contribution in [0.4, 0.5) is 0 Å². The zero-order valence-corrected chi connectivity index (χ0v) is 8.06. The average molecular weight is 217 g/mol. The number of hydrogen-bond donors (Lipinski definition) is 1. The van der Waals surface area contributed by atoms with Gasteiger partial charge in [-0.25, -0.2) is 4.79 Å². The van der Waals surface area contributed by atoms with E-state index in [1.165, 1.54) is 18.2 Å². The Labute approximate surface area is 85.4 Å². The summed E-state index contributed by atoms with van der Waals surface area (Å²) in [7, 11) is 0. The Bertz CT molecular complexity index is 372. The van der Waals surface area contributed by atoms with Crippen molar-refractivity contribution in [1.82, 2.24) is 0 Å². The van der Waals surface area contributed by atoms with Crippen molar-refractivity contribution in [3.8, 4) is 0 Å². The molecule has 4 heteroatoms. The molecule has 13 heavy (non-hydrogen) atoms. The minimum absolute atomic E-state index is 0.0287. The van der Waals surface area contributed by atoms with E-state index in [1.54, 1.807) is 0 Å². The van der Waals surface area contributed by atoms with Crippen LogP contribution in [0.5, 0.6) is 0 Å². The SMILES string of the molecule is C=Cc1c(Cl)ccc(C(=O)O)c1Cl. The Kier molecular flexibility index (Phi) is 2.96. The molecular formula is C9H6Cl2O2. The summed E-state index contributed by atoms with van der Waals surface area (Å²) in [5.41, 5.74) is 0.476. The van der Waals surface area contributed by atoms with Gasteiger partial charge in [0, 0.05) is 10.6 Å². The van der Waals surface area contributed by atoms with Crippen molar-refractivity contribution >= 4 is 35.2 Å². The molecule has 68 valence electrons. The molecule has 0 unspecified atom stereocenters. The summed E-state index contributed by atoms with van der Waals surface area (Å²) in [6.07, 6.45) is 1.43. The topological polar surface area (TPSA) is 37.3 Å². The summed E-state index contributed by atoms with van der Waals surface area (Å²) < 4.78 is 0. The fourth-order valence-corrected chi connectivity index (χ4v) is 1.53. The summed E-state index contributed by atoms with van der Waals surface area (Å²) in [6, 6.07) is 2.84. The van der Waals surface area contributed by atoms with Crippen molar-refractivity contribution in [2.24, 2.45) is 0 Å². The van der Waals surface area contributed by atoms with Crippen LogP contribution in [0.3, 0.4) is 0 Å². The van der Waals surface area contributed by atoms with E-state index in [0.29, 0.717) is 10.6 Å². The molecule has 1 aromatic carbocycles. The molecule has 1 N–H and O–H groups in total. The van der Waals surface area contributed by atoms with Gasteiger partial charge in [0.15, 0.2) is 0 Å². The van der Waals surface area contributed by atoms with E-state index >= 15 is 0 Å². The standard InChI is InChI=1S/C9H6Cl2O2/c1-2-5-7(10)4-3-6(8(5)11)9(12)13/h2-4H,1H2,(H,12,13). The van der Waals surface area contributed by atoms with Crippen LogP contribution < -0.4 is 0 Å². The van der Waals surface area contributed by atoms with Crippen LogP contribution in [0.2, 0.25) is 10.0 Å². The number of halogens is 2. The molecule has 0 atom stereocenters. The molecular weight excluding hydrogens is 211 g/mol. The molecule has 0 aromatic heterocycles. The van der Waals surface area contributed by atoms with E-state index < -0.39 is 5.97 Å². The molecule has 1 rings (SSSR count). The number of carboxylic acid groups (broad SMARTS) is 1. The zero-order valence-electron chi connectivity index (χ0n) is 6.55. The quantitative estimate of drug-likeness (QED) is 0.824. The summed E-state index contributed by atoms with van der Waals surface area (Å²) in [5, 5.41) is 9.23. The molecule has 0 radical (unpaired) electrons. The van der Waals surface area contributed by atoms with Gasteiger partial charge in [0.05, 0.1) is 10.6 Å². The van der Waals surface area contributed by atoms with Crippen molar-refractivity contribution in [2.75, 3.05) is 0 Å². The van der Waals surface area contributed by atoms with Crippen LogP contribution in [-0.2, 0) is 0 Å². The van der Waals surface area contributed by atoms with Crippen LogP contribution in [0.25, 0.3) is 6.08 Å². The lowest BCUT2D eigenvalue weighted by Crippen LogP contribution is -1.98. The molecule has 0 saturated heterocycles. The highest BCUT2D eigenvalue weighted by atomic mass is 35.5. The first-order valence-electron chi connectivity index (χ1n) is 3.41. The first kappa shape index (κ1) is 10.1. The Balaban J connectivity index is 3.44. The zero-order chi connectivity index (χ0) is 10.0. The highest BCUT2D eigenvalue weighted by Gasteiger charge is 2.12. The van der Waals surface area contributed by atoms with Gasteiger partial charge in [-0.3, -0.25) is 0 Å². The smallest absolute Gasteiger partial charge is 0.337 e. The van der Waals surface area contributed by atoms with Crippen molar-refractivity contribution in [3.05, 3.63) is 39.9 Å². The van der Waals surface area contributed by atoms with Gasteiger partial charge in [0.25, 0.3) is 0 Å². The van der Waals surface area contributed by atoms with Gasteiger partial charge in [-0.1, -0.05) is 35.9 Å². The lowest BCUT2D eigenvalue weighted by atomic mass is 10.1. The minimum atomic E-state index is -1.08. The van der Waals surface area contributed by atoms with Crippen molar-refractivity contribution in [1.29, 1.82) is 0 Å². The summed E-state index contributed by atoms with van der Waals surface area (Å²) >= 11 is 11.5. The fourth-order valence-electron chi connectivity index (χ4n) is 0.922. The fraction of sp³-hybridized carbons (Fsp3) is 0. The van der Waals surface area contributed by atoms with E-state index in [-0.39, 0.29) is 10.6 Å². The van der Waals surface area contributed by atoms with Gasteiger partial charge >= 0.3 is 5.97 Å². The highest BCUT2D eigenvalue weighted by molar-refractivity contribution is 6.38. The van der Waals surface area contributed by atoms with Crippen LogP contribution in [0.1, 0.15) is 15.9 Å². The maximum absolute atomic E-state index is 10.6. The molecule has 0 heterocycles. The maximum atomic E-state index is 10.6. The summed E-state index contributed by atoms with van der Waals surface area (Å²) in [5.74, 6) is -1.08. The molecule has 0 bridgehead atoms. The van der Waals surface area contributed by atoms with Crippen LogP contribution in [0.15, 0.2) is 18.7 Å². The van der Waals surface area contributed by atoms with Crippen molar-refractivity contribution in [2.45, 2.75) is 0 Å². The van der Waals surface area contributed by atoms with E-state index in [4.69, 9.17) is 28.3 Å². The largest absolute Gasteiger partial charge is 0.478 e. The first-order valence-corrected chi connectivity index (χ1v) is 4.17. The van der Waals surface area contributed by atoms with Gasteiger partial charge in [-0.05, 0) is 12.1 Å². The third kappa shape index (κ3) is 1.85. The van der Waals surface area contributed by atoms with Crippen LogP contribution in [-0.4, -0.2) is 11.1 Å². The Hall–Kier alpha value is -0.990.